The van der Waals surface area contributed by atoms with Gasteiger partial charge in [0.1, 0.15) is 0 Å². The van der Waals surface area contributed by atoms with Crippen molar-refractivity contribution >= 4 is 5.78 Å². The molecule has 2 atom stereocenters. The molecule has 18 heavy (non-hydrogen) atoms. The van der Waals surface area contributed by atoms with Crippen molar-refractivity contribution in [2.45, 2.75) is 66.2 Å². The maximum Gasteiger partial charge on any atom is 0.155 e. The molecule has 1 unspecified atom stereocenters. The molecule has 0 aromatic heterocycles. The molecule has 0 aliphatic carbocycles. The maximum atomic E-state index is 12.4. The third-order valence-electron chi connectivity index (χ3n) is 3.55. The van der Waals surface area contributed by atoms with Crippen molar-refractivity contribution in [3.8, 4) is 0 Å². The van der Waals surface area contributed by atoms with Gasteiger partial charge in [0, 0.05) is 25.1 Å². The van der Waals surface area contributed by atoms with Crippen molar-refractivity contribution in [1.82, 2.24) is 4.90 Å². The van der Waals surface area contributed by atoms with Crippen LogP contribution in [0.25, 0.3) is 0 Å². The molecular weight excluding hydrogens is 226 g/mol. The van der Waals surface area contributed by atoms with Crippen LogP contribution < -0.4 is 0 Å². The number of hydrogen-bond donors (Lipinski definition) is 0. The summed E-state index contributed by atoms with van der Waals surface area (Å²) in [5, 5.41) is 0. The van der Waals surface area contributed by atoms with Crippen LogP contribution in [0.5, 0.6) is 0 Å². The van der Waals surface area contributed by atoms with Gasteiger partial charge in [-0.15, -0.1) is 0 Å². The number of ketones is 1. The quantitative estimate of drug-likeness (QED) is 0.731. The molecule has 0 amide bonds. The second kappa shape index (κ2) is 6.67. The fraction of sp³-hybridized carbons (Fsp3) is 0.933. The van der Waals surface area contributed by atoms with Gasteiger partial charge in [-0.1, -0.05) is 27.7 Å². The second-order valence-electron chi connectivity index (χ2n) is 6.39. The molecule has 1 heterocycles. The van der Waals surface area contributed by atoms with Crippen LogP contribution in [0.2, 0.25) is 0 Å². The summed E-state index contributed by atoms with van der Waals surface area (Å²) in [7, 11) is 0. The number of carbonyl (C=O) groups excluding carboxylic acids is 1. The molecule has 0 aromatic carbocycles. The number of likely N-dealkylation sites (tertiary alicyclic amines) is 1. The van der Waals surface area contributed by atoms with Crippen LogP contribution >= 0.6 is 0 Å². The van der Waals surface area contributed by atoms with E-state index in [1.165, 1.54) is 0 Å². The Morgan fingerprint density at radius 3 is 2.28 bits per heavy atom. The molecular formula is C15H29NO2. The van der Waals surface area contributed by atoms with E-state index in [1.54, 1.807) is 0 Å². The molecule has 3 nitrogen and oxygen atoms in total. The van der Waals surface area contributed by atoms with Crippen LogP contribution in [0.3, 0.4) is 0 Å². The number of carbonyl (C=O) groups is 1. The molecule has 0 aromatic rings. The molecule has 1 fully saturated rings. The van der Waals surface area contributed by atoms with Crippen LogP contribution in [0.4, 0.5) is 0 Å². The van der Waals surface area contributed by atoms with Crippen molar-refractivity contribution in [2.24, 2.45) is 11.8 Å². The van der Waals surface area contributed by atoms with Gasteiger partial charge in [-0.2, -0.15) is 0 Å². The summed E-state index contributed by atoms with van der Waals surface area (Å²) < 4.78 is 5.97. The number of hydrogen-bond acceptors (Lipinski definition) is 3. The van der Waals surface area contributed by atoms with Gasteiger partial charge in [-0.25, -0.2) is 0 Å². The molecule has 1 rings (SSSR count). The summed E-state index contributed by atoms with van der Waals surface area (Å²) >= 11 is 0. The number of Topliss-reactive ketones (excluding diaryl/α,β-unsaturated/α-hetero) is 1. The highest BCUT2D eigenvalue weighted by Gasteiger charge is 2.41. The van der Waals surface area contributed by atoms with Gasteiger partial charge < -0.3 is 4.74 Å². The van der Waals surface area contributed by atoms with Gasteiger partial charge in [0.2, 0.25) is 0 Å². The van der Waals surface area contributed by atoms with Crippen molar-refractivity contribution in [3.63, 3.8) is 0 Å². The van der Waals surface area contributed by atoms with E-state index in [4.69, 9.17) is 4.74 Å². The zero-order valence-electron chi connectivity index (χ0n) is 12.8. The average Bonchev–Trinajstić information content (AvgIpc) is 2.68. The van der Waals surface area contributed by atoms with Gasteiger partial charge in [0.05, 0.1) is 12.1 Å². The van der Waals surface area contributed by atoms with Gasteiger partial charge in [-0.05, 0) is 26.2 Å². The maximum absolute atomic E-state index is 12.4. The third-order valence-corrected chi connectivity index (χ3v) is 3.55. The molecule has 1 saturated heterocycles. The van der Waals surface area contributed by atoms with E-state index in [0.717, 1.165) is 19.6 Å². The number of ether oxygens (including phenoxy) is 1. The first-order valence-corrected chi connectivity index (χ1v) is 7.25. The smallest absolute Gasteiger partial charge is 0.155 e. The van der Waals surface area contributed by atoms with Gasteiger partial charge in [0.25, 0.3) is 0 Å². The molecule has 1 aliphatic heterocycles. The van der Waals surface area contributed by atoms with E-state index in [1.807, 2.05) is 13.8 Å². The highest BCUT2D eigenvalue weighted by molar-refractivity contribution is 5.86. The summed E-state index contributed by atoms with van der Waals surface area (Å²) in [5.74, 6) is 0.933. The molecule has 0 N–H and O–H groups in total. The second-order valence-corrected chi connectivity index (χ2v) is 6.39. The van der Waals surface area contributed by atoms with E-state index in [-0.39, 0.29) is 18.1 Å². The van der Waals surface area contributed by atoms with E-state index in [2.05, 4.69) is 32.6 Å². The van der Waals surface area contributed by atoms with Crippen molar-refractivity contribution < 1.29 is 9.53 Å². The van der Waals surface area contributed by atoms with E-state index in [0.29, 0.717) is 17.7 Å². The van der Waals surface area contributed by atoms with Gasteiger partial charge in [-0.3, -0.25) is 9.69 Å². The molecule has 0 saturated carbocycles. The standard InChI is InChI=1S/C15H29NO2/c1-10(2)9-18-13-7-8-16(12(5)6)14(13)15(17)11(3)4/h10-14H,7-9H2,1-6H3/t13?,14-/m0/s1. The normalized spacial score (nSPS) is 25.6. The minimum absolute atomic E-state index is 0.0382. The van der Waals surface area contributed by atoms with Crippen molar-refractivity contribution in [1.29, 1.82) is 0 Å². The minimum atomic E-state index is -0.0382. The summed E-state index contributed by atoms with van der Waals surface area (Å²) in [6.45, 7) is 14.3. The Morgan fingerprint density at radius 1 is 1.22 bits per heavy atom. The lowest BCUT2D eigenvalue weighted by Crippen LogP contribution is -2.47. The Labute approximate surface area is 112 Å². The molecule has 106 valence electrons. The number of nitrogens with zero attached hydrogens (tertiary/aromatic N) is 1. The fourth-order valence-electron chi connectivity index (χ4n) is 2.54. The first-order chi connectivity index (χ1) is 8.34. The monoisotopic (exact) mass is 255 g/mol. The topological polar surface area (TPSA) is 29.5 Å². The molecule has 1 aliphatic rings. The first kappa shape index (κ1) is 15.6. The van der Waals surface area contributed by atoms with Gasteiger partial charge >= 0.3 is 0 Å². The molecule has 0 bridgehead atoms. The van der Waals surface area contributed by atoms with E-state index < -0.39 is 0 Å². The Balaban J connectivity index is 2.74. The highest BCUT2D eigenvalue weighted by atomic mass is 16.5. The van der Waals surface area contributed by atoms with Crippen LogP contribution in [0.1, 0.15) is 48.0 Å². The summed E-state index contributed by atoms with van der Waals surface area (Å²) in [6.07, 6.45) is 1.07. The Morgan fingerprint density at radius 2 is 1.83 bits per heavy atom. The minimum Gasteiger partial charge on any atom is -0.376 e. The van der Waals surface area contributed by atoms with Gasteiger partial charge in [0.15, 0.2) is 5.78 Å². The summed E-state index contributed by atoms with van der Waals surface area (Å²) in [5.41, 5.74) is 0. The lowest BCUT2D eigenvalue weighted by molar-refractivity contribution is -0.131. The molecule has 0 radical (unpaired) electrons. The predicted molar refractivity (Wildman–Crippen MR) is 74.7 cm³/mol. The zero-order valence-corrected chi connectivity index (χ0v) is 12.8. The molecule has 0 spiro atoms. The zero-order chi connectivity index (χ0) is 13.9. The summed E-state index contributed by atoms with van der Waals surface area (Å²) in [6, 6.07) is 0.370. The van der Waals surface area contributed by atoms with E-state index in [9.17, 15) is 4.79 Å². The first-order valence-electron chi connectivity index (χ1n) is 7.25. The van der Waals surface area contributed by atoms with Crippen molar-refractivity contribution in [3.05, 3.63) is 0 Å². The van der Waals surface area contributed by atoms with E-state index >= 15 is 0 Å². The van der Waals surface area contributed by atoms with Crippen LogP contribution in [-0.4, -0.2) is 42.0 Å². The lowest BCUT2D eigenvalue weighted by atomic mass is 9.97. The third kappa shape index (κ3) is 3.79. The average molecular weight is 255 g/mol. The lowest BCUT2D eigenvalue weighted by Gasteiger charge is -2.31. The van der Waals surface area contributed by atoms with Crippen molar-refractivity contribution in [2.75, 3.05) is 13.2 Å². The summed E-state index contributed by atoms with van der Waals surface area (Å²) in [4.78, 5) is 14.7. The molecule has 3 heteroatoms. The van der Waals surface area contributed by atoms with Crippen LogP contribution in [-0.2, 0) is 9.53 Å². The van der Waals surface area contributed by atoms with Crippen LogP contribution in [0, 0.1) is 11.8 Å². The Bertz CT molecular complexity index is 274. The highest BCUT2D eigenvalue weighted by Crippen LogP contribution is 2.26. The Hall–Kier alpha value is -0.410. The van der Waals surface area contributed by atoms with Crippen LogP contribution in [0.15, 0.2) is 0 Å². The largest absolute Gasteiger partial charge is 0.376 e. The Kier molecular flexibility index (Phi) is 5.80. The SMILES string of the molecule is CC(C)COC1CCN(C(C)C)[C@@H]1C(=O)C(C)C. The fourth-order valence-corrected chi connectivity index (χ4v) is 2.54. The predicted octanol–water partition coefficient (Wildman–Crippen LogP) is 2.74. The number of rotatable bonds is 6.